The van der Waals surface area contributed by atoms with Crippen molar-refractivity contribution in [3.8, 4) is 0 Å². The molecule has 1 N–H and O–H groups in total. The molecule has 0 atom stereocenters. The molecule has 8 nitrogen and oxygen atoms in total. The van der Waals surface area contributed by atoms with Crippen LogP contribution in [0.2, 0.25) is 5.02 Å². The number of aromatic nitrogens is 3. The molecule has 2 aromatic carbocycles. The first kappa shape index (κ1) is 31.0. The number of fused-ring (bicyclic) bond motifs is 2. The number of aromatic amines is 1. The molecule has 212 valence electrons. The van der Waals surface area contributed by atoms with E-state index in [2.05, 4.69) is 15.4 Å². The Labute approximate surface area is 244 Å². The van der Waals surface area contributed by atoms with Crippen LogP contribution < -0.4 is 0 Å². The number of nitrogens with one attached hydrogen (secondary N) is 1. The van der Waals surface area contributed by atoms with Crippen molar-refractivity contribution >= 4 is 52.1 Å². The molecule has 2 aromatic heterocycles. The van der Waals surface area contributed by atoms with Crippen LogP contribution in [0, 0.1) is 6.92 Å². The van der Waals surface area contributed by atoms with E-state index in [1.165, 1.54) is 6.92 Å². The molecule has 10 heteroatoms. The molecule has 6 rings (SSSR count). The molecule has 0 bridgehead atoms. The smallest absolute Gasteiger partial charge is 0.255 e. The normalized spacial score (nSPS) is 13.6. The maximum Gasteiger partial charge on any atom is 0.255 e. The third kappa shape index (κ3) is 7.55. The molecule has 0 aliphatic carbocycles. The molecule has 1 saturated heterocycles. The minimum atomic E-state index is -0.00553. The molecule has 1 fully saturated rings. The maximum absolute atomic E-state index is 13.0. The first-order chi connectivity index (χ1) is 19.4. The van der Waals surface area contributed by atoms with Gasteiger partial charge in [0.25, 0.3) is 11.8 Å². The Balaban J connectivity index is 0.000000311. The highest BCUT2D eigenvalue weighted by Crippen LogP contribution is 2.34. The van der Waals surface area contributed by atoms with Crippen LogP contribution in [0.3, 0.4) is 0 Å². The zero-order valence-corrected chi connectivity index (χ0v) is 25.0. The molecule has 4 heterocycles. The van der Waals surface area contributed by atoms with Crippen LogP contribution in [0.1, 0.15) is 69.6 Å². The SMILES string of the molecule is CC.CC=O.Cc1sc2c(c1C(=O)N1CCCC1)CCN(C(=O)c1ccc3n[nH]nc3c1)C2.Clc1ccccc1. The molecule has 0 spiro atoms. The second-order valence-electron chi connectivity index (χ2n) is 8.97. The van der Waals surface area contributed by atoms with Gasteiger partial charge in [0.2, 0.25) is 0 Å². The number of carbonyl (C=O) groups is 3. The quantitative estimate of drug-likeness (QED) is 0.279. The molecule has 0 unspecified atom stereocenters. The van der Waals surface area contributed by atoms with Crippen LogP contribution in [0.15, 0.2) is 48.5 Å². The topological polar surface area (TPSA) is 99.3 Å². The van der Waals surface area contributed by atoms with Crippen molar-refractivity contribution in [3.63, 3.8) is 0 Å². The number of halogens is 1. The van der Waals surface area contributed by atoms with Crippen LogP contribution in [-0.2, 0) is 17.8 Å². The maximum atomic E-state index is 13.0. The number of thiophene rings is 1. The average Bonchev–Trinajstić information content (AvgIpc) is 3.74. The average molecular weight is 582 g/mol. The number of hydrogen-bond acceptors (Lipinski definition) is 6. The highest BCUT2D eigenvalue weighted by molar-refractivity contribution is 7.12. The molecular formula is C30H36ClN5O3S. The van der Waals surface area contributed by atoms with Gasteiger partial charge in [-0.25, -0.2) is 0 Å². The number of aryl methyl sites for hydroxylation is 1. The van der Waals surface area contributed by atoms with Gasteiger partial charge in [-0.1, -0.05) is 43.6 Å². The Morgan fingerprint density at radius 3 is 2.23 bits per heavy atom. The van der Waals surface area contributed by atoms with E-state index in [0.717, 1.165) is 70.1 Å². The van der Waals surface area contributed by atoms with Gasteiger partial charge in [0.15, 0.2) is 0 Å². The lowest BCUT2D eigenvalue weighted by Crippen LogP contribution is -2.36. The lowest BCUT2D eigenvalue weighted by Gasteiger charge is -2.28. The lowest BCUT2D eigenvalue weighted by molar-refractivity contribution is -0.106. The predicted octanol–water partition coefficient (Wildman–Crippen LogP) is 6.33. The third-order valence-corrected chi connectivity index (χ3v) is 7.81. The van der Waals surface area contributed by atoms with Crippen LogP contribution >= 0.6 is 22.9 Å². The Kier molecular flexibility index (Phi) is 11.8. The van der Waals surface area contributed by atoms with E-state index in [4.69, 9.17) is 16.4 Å². The van der Waals surface area contributed by atoms with E-state index >= 15 is 0 Å². The number of benzene rings is 2. The number of hydrogen-bond donors (Lipinski definition) is 1. The van der Waals surface area contributed by atoms with Gasteiger partial charge >= 0.3 is 0 Å². The number of rotatable bonds is 2. The summed E-state index contributed by atoms with van der Waals surface area (Å²) < 4.78 is 0. The van der Waals surface area contributed by atoms with Gasteiger partial charge in [0.05, 0.1) is 12.1 Å². The monoisotopic (exact) mass is 581 g/mol. The minimum Gasteiger partial charge on any atom is -0.339 e. The van der Waals surface area contributed by atoms with Crippen LogP contribution in [0.5, 0.6) is 0 Å². The summed E-state index contributed by atoms with van der Waals surface area (Å²) in [5, 5.41) is 11.5. The van der Waals surface area contributed by atoms with E-state index in [9.17, 15) is 9.59 Å². The number of nitrogens with zero attached hydrogens (tertiary/aromatic N) is 4. The summed E-state index contributed by atoms with van der Waals surface area (Å²) in [5.41, 5.74) is 4.09. The summed E-state index contributed by atoms with van der Waals surface area (Å²) in [6, 6.07) is 14.8. The van der Waals surface area contributed by atoms with Crippen molar-refractivity contribution in [2.45, 2.75) is 53.5 Å². The van der Waals surface area contributed by atoms with Crippen LogP contribution in [-0.4, -0.2) is 62.9 Å². The third-order valence-electron chi connectivity index (χ3n) is 6.42. The van der Waals surface area contributed by atoms with Crippen molar-refractivity contribution in [2.24, 2.45) is 0 Å². The molecule has 0 radical (unpaired) electrons. The van der Waals surface area contributed by atoms with Crippen LogP contribution in [0.4, 0.5) is 0 Å². The van der Waals surface area contributed by atoms with E-state index in [-0.39, 0.29) is 11.8 Å². The van der Waals surface area contributed by atoms with Crippen molar-refractivity contribution in [1.82, 2.24) is 25.2 Å². The number of aldehydes is 1. The highest BCUT2D eigenvalue weighted by Gasteiger charge is 2.31. The van der Waals surface area contributed by atoms with Gasteiger partial charge in [0, 0.05) is 40.0 Å². The zero-order valence-electron chi connectivity index (χ0n) is 23.4. The highest BCUT2D eigenvalue weighted by atomic mass is 35.5. The lowest BCUT2D eigenvalue weighted by atomic mass is 10.00. The fourth-order valence-electron chi connectivity index (χ4n) is 4.64. The van der Waals surface area contributed by atoms with Gasteiger partial charge in [-0.05, 0) is 69.0 Å². The molecule has 2 aliphatic rings. The summed E-state index contributed by atoms with van der Waals surface area (Å²) in [7, 11) is 0. The van der Waals surface area contributed by atoms with Crippen molar-refractivity contribution in [2.75, 3.05) is 19.6 Å². The number of amides is 2. The van der Waals surface area contributed by atoms with Crippen molar-refractivity contribution in [1.29, 1.82) is 0 Å². The Morgan fingerprint density at radius 2 is 1.60 bits per heavy atom. The number of carbonyl (C=O) groups excluding carboxylic acids is 3. The van der Waals surface area contributed by atoms with Gasteiger partial charge in [-0.15, -0.1) is 11.3 Å². The van der Waals surface area contributed by atoms with E-state index in [1.807, 2.05) is 67.0 Å². The number of H-pyrrole nitrogens is 1. The predicted molar refractivity (Wildman–Crippen MR) is 161 cm³/mol. The standard InChI is InChI=1S/C20H21N5O2S.C6H5Cl.C2H4O.C2H6/c1-12-18(20(27)24-7-2-3-8-24)14-6-9-25(11-17(14)28-12)19(26)13-4-5-15-16(10-13)22-23-21-15;7-6-4-2-1-3-5-6;1-2-3;1-2/h4-5,10H,2-3,6-9,11H2,1H3,(H,21,22,23);1-5H;2H,1H3;1-2H3. The zero-order chi connectivity index (χ0) is 29.1. The Hall–Kier alpha value is -3.56. The minimum absolute atomic E-state index is 0.00553. The molecule has 4 aromatic rings. The van der Waals surface area contributed by atoms with Crippen molar-refractivity contribution in [3.05, 3.63) is 80.0 Å². The summed E-state index contributed by atoms with van der Waals surface area (Å²) >= 11 is 7.20. The summed E-state index contributed by atoms with van der Waals surface area (Å²) in [6.07, 6.45) is 3.66. The van der Waals surface area contributed by atoms with Crippen LogP contribution in [0.25, 0.3) is 11.0 Å². The molecule has 2 amide bonds. The van der Waals surface area contributed by atoms with Gasteiger partial charge in [0.1, 0.15) is 17.3 Å². The molecular weight excluding hydrogens is 546 g/mol. The molecule has 40 heavy (non-hydrogen) atoms. The molecule has 2 aliphatic heterocycles. The van der Waals surface area contributed by atoms with E-state index in [0.29, 0.717) is 24.2 Å². The van der Waals surface area contributed by atoms with Gasteiger partial charge in [-0.3, -0.25) is 9.59 Å². The van der Waals surface area contributed by atoms with Gasteiger partial charge in [-0.2, -0.15) is 15.4 Å². The largest absolute Gasteiger partial charge is 0.339 e. The van der Waals surface area contributed by atoms with Gasteiger partial charge < -0.3 is 14.6 Å². The summed E-state index contributed by atoms with van der Waals surface area (Å²) in [4.78, 5) is 40.8. The first-order valence-electron chi connectivity index (χ1n) is 13.5. The van der Waals surface area contributed by atoms with Crippen molar-refractivity contribution < 1.29 is 14.4 Å². The van der Waals surface area contributed by atoms with E-state index < -0.39 is 0 Å². The summed E-state index contributed by atoms with van der Waals surface area (Å²) in [6.45, 7) is 10.4. The second kappa shape index (κ2) is 15.3. The Bertz CT molecular complexity index is 1410. The number of likely N-dealkylation sites (tertiary alicyclic amines) is 1. The molecule has 0 saturated carbocycles. The fourth-order valence-corrected chi connectivity index (χ4v) is 6.02. The first-order valence-corrected chi connectivity index (χ1v) is 14.7. The van der Waals surface area contributed by atoms with E-state index in [1.54, 1.807) is 23.5 Å². The summed E-state index contributed by atoms with van der Waals surface area (Å²) in [5.74, 6) is 0.165. The fraction of sp³-hybridized carbons (Fsp3) is 0.367. The Morgan fingerprint density at radius 1 is 0.950 bits per heavy atom. The second-order valence-corrected chi connectivity index (χ2v) is 10.7.